The van der Waals surface area contributed by atoms with Crippen molar-refractivity contribution < 1.29 is 0 Å². The minimum absolute atomic E-state index is 0.902. The Balaban J connectivity index is 1.70. The van der Waals surface area contributed by atoms with Gasteiger partial charge in [-0.25, -0.2) is 4.98 Å². The SMILES string of the molecule is Brc1cccc(-c2ccc3c(c2)nc(-c2ccccc2)c2c4cccnc4c4ncccc4c32)c1. The zero-order chi connectivity index (χ0) is 23.4. The summed E-state index contributed by atoms with van der Waals surface area (Å²) in [5, 5.41) is 5.55. The van der Waals surface area contributed by atoms with E-state index in [1.54, 1.807) is 0 Å². The molecule has 7 rings (SSSR count). The van der Waals surface area contributed by atoms with Gasteiger partial charge in [-0.2, -0.15) is 0 Å². The van der Waals surface area contributed by atoms with Crippen LogP contribution in [-0.2, 0) is 0 Å². The van der Waals surface area contributed by atoms with Gasteiger partial charge in [-0.3, -0.25) is 9.97 Å². The number of nitrogens with zero attached hydrogens (tertiary/aromatic N) is 3. The molecular formula is C31H18BrN3. The molecule has 0 spiro atoms. The molecule has 0 aliphatic rings. The molecule has 4 heteroatoms. The first-order chi connectivity index (χ1) is 17.3. The van der Waals surface area contributed by atoms with Gasteiger partial charge in [0, 0.05) is 49.4 Å². The van der Waals surface area contributed by atoms with Gasteiger partial charge in [-0.1, -0.05) is 82.7 Å². The van der Waals surface area contributed by atoms with Crippen molar-refractivity contribution in [3.63, 3.8) is 0 Å². The van der Waals surface area contributed by atoms with Crippen LogP contribution in [0.25, 0.3) is 65.9 Å². The second-order valence-corrected chi connectivity index (χ2v) is 9.53. The molecule has 164 valence electrons. The van der Waals surface area contributed by atoms with Crippen molar-refractivity contribution >= 4 is 59.4 Å². The third-order valence-electron chi connectivity index (χ3n) is 6.57. The van der Waals surface area contributed by atoms with E-state index >= 15 is 0 Å². The van der Waals surface area contributed by atoms with Gasteiger partial charge < -0.3 is 0 Å². The Morgan fingerprint density at radius 3 is 1.94 bits per heavy atom. The molecule has 0 bridgehead atoms. The molecule has 35 heavy (non-hydrogen) atoms. The summed E-state index contributed by atoms with van der Waals surface area (Å²) in [4.78, 5) is 14.8. The van der Waals surface area contributed by atoms with Gasteiger partial charge in [0.2, 0.25) is 0 Å². The summed E-state index contributed by atoms with van der Waals surface area (Å²) in [7, 11) is 0. The van der Waals surface area contributed by atoms with Gasteiger partial charge in [-0.15, -0.1) is 0 Å². The van der Waals surface area contributed by atoms with Crippen LogP contribution in [0.5, 0.6) is 0 Å². The van der Waals surface area contributed by atoms with Gasteiger partial charge in [-0.05, 0) is 41.5 Å². The van der Waals surface area contributed by atoms with Crippen molar-refractivity contribution in [1.82, 2.24) is 15.0 Å². The van der Waals surface area contributed by atoms with Crippen molar-refractivity contribution in [2.45, 2.75) is 0 Å². The second-order valence-electron chi connectivity index (χ2n) is 8.62. The number of rotatable bonds is 2. The smallest absolute Gasteiger partial charge is 0.0971 e. The highest BCUT2D eigenvalue weighted by atomic mass is 79.9. The van der Waals surface area contributed by atoms with Crippen molar-refractivity contribution in [1.29, 1.82) is 0 Å². The van der Waals surface area contributed by atoms with E-state index < -0.39 is 0 Å². The van der Waals surface area contributed by atoms with Crippen LogP contribution in [0, 0.1) is 0 Å². The van der Waals surface area contributed by atoms with E-state index in [1.165, 1.54) is 5.39 Å². The summed E-state index contributed by atoms with van der Waals surface area (Å²) in [5.41, 5.74) is 7.11. The first-order valence-corrected chi connectivity index (χ1v) is 12.3. The van der Waals surface area contributed by atoms with E-state index in [1.807, 2.05) is 36.7 Å². The Bertz CT molecular complexity index is 1910. The van der Waals surface area contributed by atoms with Crippen LogP contribution in [0.1, 0.15) is 0 Å². The number of hydrogen-bond acceptors (Lipinski definition) is 3. The minimum Gasteiger partial charge on any atom is -0.254 e. The minimum atomic E-state index is 0.902. The molecule has 3 aromatic heterocycles. The zero-order valence-electron chi connectivity index (χ0n) is 18.6. The lowest BCUT2D eigenvalue weighted by atomic mass is 9.92. The molecule has 0 atom stereocenters. The third-order valence-corrected chi connectivity index (χ3v) is 7.06. The fraction of sp³-hybridized carbons (Fsp3) is 0. The highest BCUT2D eigenvalue weighted by Gasteiger charge is 2.18. The van der Waals surface area contributed by atoms with Crippen molar-refractivity contribution in [3.8, 4) is 22.4 Å². The number of aromatic nitrogens is 3. The van der Waals surface area contributed by atoms with E-state index in [-0.39, 0.29) is 0 Å². The molecule has 0 aliphatic carbocycles. The Hall–Kier alpha value is -4.15. The van der Waals surface area contributed by atoms with Gasteiger partial charge in [0.25, 0.3) is 0 Å². The molecule has 0 amide bonds. The molecule has 3 nitrogen and oxygen atoms in total. The van der Waals surface area contributed by atoms with E-state index in [0.717, 1.165) is 65.0 Å². The lowest BCUT2D eigenvalue weighted by molar-refractivity contribution is 1.38. The molecule has 0 unspecified atom stereocenters. The maximum Gasteiger partial charge on any atom is 0.0971 e. The fourth-order valence-corrected chi connectivity index (χ4v) is 5.45. The Morgan fingerprint density at radius 2 is 1.20 bits per heavy atom. The van der Waals surface area contributed by atoms with Crippen LogP contribution >= 0.6 is 15.9 Å². The molecule has 4 aromatic carbocycles. The van der Waals surface area contributed by atoms with Crippen LogP contribution in [0.2, 0.25) is 0 Å². The van der Waals surface area contributed by atoms with E-state index in [9.17, 15) is 0 Å². The quantitative estimate of drug-likeness (QED) is 0.218. The predicted molar refractivity (Wildman–Crippen MR) is 148 cm³/mol. The van der Waals surface area contributed by atoms with Gasteiger partial charge in [0.15, 0.2) is 0 Å². The largest absolute Gasteiger partial charge is 0.254 e. The molecule has 7 aromatic rings. The number of fused-ring (bicyclic) bond motifs is 8. The maximum absolute atomic E-state index is 5.28. The summed E-state index contributed by atoms with van der Waals surface area (Å²) < 4.78 is 1.06. The Morgan fingerprint density at radius 1 is 0.514 bits per heavy atom. The topological polar surface area (TPSA) is 38.7 Å². The number of benzene rings is 4. The molecule has 3 heterocycles. The summed E-state index contributed by atoms with van der Waals surface area (Å²) in [6.07, 6.45) is 3.68. The maximum atomic E-state index is 5.28. The number of halogens is 1. The fourth-order valence-electron chi connectivity index (χ4n) is 5.05. The van der Waals surface area contributed by atoms with Crippen LogP contribution in [0.4, 0.5) is 0 Å². The van der Waals surface area contributed by atoms with Crippen LogP contribution in [0.15, 0.2) is 114 Å². The van der Waals surface area contributed by atoms with E-state index in [2.05, 4.69) is 88.7 Å². The highest BCUT2D eigenvalue weighted by molar-refractivity contribution is 9.10. The van der Waals surface area contributed by atoms with Gasteiger partial charge >= 0.3 is 0 Å². The van der Waals surface area contributed by atoms with Crippen LogP contribution in [0.3, 0.4) is 0 Å². The molecular weight excluding hydrogens is 494 g/mol. The first kappa shape index (κ1) is 20.2. The average Bonchev–Trinajstić information content (AvgIpc) is 2.92. The van der Waals surface area contributed by atoms with Crippen molar-refractivity contribution in [3.05, 3.63) is 114 Å². The Labute approximate surface area is 210 Å². The lowest BCUT2D eigenvalue weighted by Gasteiger charge is -2.16. The normalized spacial score (nSPS) is 11.6. The lowest BCUT2D eigenvalue weighted by Crippen LogP contribution is -1.95. The molecule has 0 saturated carbocycles. The van der Waals surface area contributed by atoms with Crippen molar-refractivity contribution in [2.75, 3.05) is 0 Å². The second kappa shape index (κ2) is 7.97. The Kier molecular flexibility index (Phi) is 4.61. The molecule has 0 saturated heterocycles. The van der Waals surface area contributed by atoms with Gasteiger partial charge in [0.05, 0.1) is 22.2 Å². The molecule has 0 aliphatic heterocycles. The highest BCUT2D eigenvalue weighted by Crippen LogP contribution is 2.42. The molecule has 0 N–H and O–H groups in total. The number of pyridine rings is 3. The standard InChI is InChI=1S/C31H18BrN3/c32-22-10-4-9-20(17-22)21-13-14-23-26(18-21)35-29(19-7-2-1-3-8-19)28-25-12-6-16-34-31(25)30-24(27(23)28)11-5-15-33-30/h1-18H. The summed E-state index contributed by atoms with van der Waals surface area (Å²) in [6.45, 7) is 0. The average molecular weight is 512 g/mol. The van der Waals surface area contributed by atoms with Crippen LogP contribution < -0.4 is 0 Å². The van der Waals surface area contributed by atoms with Gasteiger partial charge in [0.1, 0.15) is 0 Å². The summed E-state index contributed by atoms with van der Waals surface area (Å²) in [6, 6.07) is 33.6. The first-order valence-electron chi connectivity index (χ1n) is 11.5. The van der Waals surface area contributed by atoms with E-state index in [0.29, 0.717) is 0 Å². The molecule has 0 radical (unpaired) electrons. The predicted octanol–water partition coefficient (Wildman–Crippen LogP) is 8.58. The monoisotopic (exact) mass is 511 g/mol. The zero-order valence-corrected chi connectivity index (χ0v) is 20.2. The molecule has 0 fully saturated rings. The summed E-state index contributed by atoms with van der Waals surface area (Å²) in [5.74, 6) is 0. The van der Waals surface area contributed by atoms with Crippen LogP contribution in [-0.4, -0.2) is 15.0 Å². The van der Waals surface area contributed by atoms with E-state index in [4.69, 9.17) is 15.0 Å². The third kappa shape index (κ3) is 3.22. The summed E-state index contributed by atoms with van der Waals surface area (Å²) >= 11 is 3.61. The van der Waals surface area contributed by atoms with Crippen molar-refractivity contribution in [2.24, 2.45) is 0 Å². The number of hydrogen-bond donors (Lipinski definition) is 0.